The molecule has 4 heteroatoms. The van der Waals surface area contributed by atoms with Crippen LogP contribution in [0.25, 0.3) is 0 Å². The van der Waals surface area contributed by atoms with Crippen molar-refractivity contribution in [3.8, 4) is 5.75 Å². The van der Waals surface area contributed by atoms with E-state index in [2.05, 4.69) is 24.4 Å². The first kappa shape index (κ1) is 13.4. The minimum absolute atomic E-state index is 0.00885. The van der Waals surface area contributed by atoms with E-state index in [1.165, 1.54) is 0 Å². The molecule has 1 unspecified atom stereocenters. The summed E-state index contributed by atoms with van der Waals surface area (Å²) < 4.78 is 5.31. The van der Waals surface area contributed by atoms with Crippen molar-refractivity contribution < 1.29 is 9.53 Å². The Bertz CT molecular complexity index is 537. The van der Waals surface area contributed by atoms with E-state index in [-0.39, 0.29) is 17.6 Å². The molecule has 1 atom stereocenters. The van der Waals surface area contributed by atoms with Crippen LogP contribution in [0.15, 0.2) is 18.2 Å². The number of amides is 1. The van der Waals surface area contributed by atoms with Crippen molar-refractivity contribution in [1.82, 2.24) is 10.2 Å². The Morgan fingerprint density at radius 2 is 2.20 bits per heavy atom. The zero-order chi connectivity index (χ0) is 14.3. The van der Waals surface area contributed by atoms with Crippen molar-refractivity contribution in [3.05, 3.63) is 29.3 Å². The van der Waals surface area contributed by atoms with Gasteiger partial charge in [-0.15, -0.1) is 0 Å². The van der Waals surface area contributed by atoms with Gasteiger partial charge < -0.3 is 9.64 Å². The van der Waals surface area contributed by atoms with Crippen molar-refractivity contribution in [2.45, 2.75) is 44.8 Å². The molecular formula is C16H22N2O2. The molecule has 1 amide bonds. The summed E-state index contributed by atoms with van der Waals surface area (Å²) >= 11 is 0. The van der Waals surface area contributed by atoms with Gasteiger partial charge in [-0.3, -0.25) is 10.1 Å². The van der Waals surface area contributed by atoms with Gasteiger partial charge in [-0.05, 0) is 49.4 Å². The third-order valence-electron chi connectivity index (χ3n) is 4.34. The van der Waals surface area contributed by atoms with Crippen LogP contribution in [0.3, 0.4) is 0 Å². The van der Waals surface area contributed by atoms with Gasteiger partial charge >= 0.3 is 0 Å². The van der Waals surface area contributed by atoms with Crippen LogP contribution in [-0.2, 0) is 4.79 Å². The van der Waals surface area contributed by atoms with Crippen molar-refractivity contribution in [1.29, 1.82) is 0 Å². The molecule has 1 N–H and O–H groups in total. The largest absolute Gasteiger partial charge is 0.496 e. The molecule has 1 saturated carbocycles. The first-order chi connectivity index (χ1) is 9.61. The van der Waals surface area contributed by atoms with Gasteiger partial charge in [0.1, 0.15) is 17.5 Å². The molecule has 2 aliphatic rings. The highest BCUT2D eigenvalue weighted by Gasteiger charge is 2.59. The predicted molar refractivity (Wildman–Crippen MR) is 77.6 cm³/mol. The zero-order valence-corrected chi connectivity index (χ0v) is 12.4. The summed E-state index contributed by atoms with van der Waals surface area (Å²) in [5, 5.41) is 3.54. The Kier molecular flexibility index (Phi) is 3.21. The van der Waals surface area contributed by atoms with Gasteiger partial charge in [0.2, 0.25) is 5.91 Å². The fourth-order valence-corrected chi connectivity index (χ4v) is 3.08. The van der Waals surface area contributed by atoms with E-state index >= 15 is 0 Å². The molecule has 1 spiro atoms. The molecule has 1 aliphatic heterocycles. The quantitative estimate of drug-likeness (QED) is 0.916. The number of rotatable bonds is 4. The minimum Gasteiger partial charge on any atom is -0.496 e. The summed E-state index contributed by atoms with van der Waals surface area (Å²) in [6.07, 6.45) is 2.93. The number of nitrogens with one attached hydrogen (secondary N) is 1. The standard InChI is InChI=1S/C16H22N2O2/c1-4-9-18-14(17-16(7-8-16)15(18)19)12-5-6-13(20-3)11(2)10-12/h5-6,10,14,17H,4,7-9H2,1-3H3. The van der Waals surface area contributed by atoms with Crippen LogP contribution in [0, 0.1) is 6.92 Å². The third-order valence-corrected chi connectivity index (χ3v) is 4.34. The second-order valence-corrected chi connectivity index (χ2v) is 5.86. The lowest BCUT2D eigenvalue weighted by molar-refractivity contribution is -0.130. The van der Waals surface area contributed by atoms with E-state index in [4.69, 9.17) is 4.74 Å². The maximum absolute atomic E-state index is 12.5. The van der Waals surface area contributed by atoms with Crippen LogP contribution in [0.2, 0.25) is 0 Å². The number of benzene rings is 1. The second-order valence-electron chi connectivity index (χ2n) is 5.86. The van der Waals surface area contributed by atoms with E-state index in [0.29, 0.717) is 0 Å². The van der Waals surface area contributed by atoms with E-state index in [1.807, 2.05) is 17.9 Å². The summed E-state index contributed by atoms with van der Waals surface area (Å²) in [4.78, 5) is 14.5. The Labute approximate surface area is 120 Å². The lowest BCUT2D eigenvalue weighted by Gasteiger charge is -2.24. The topological polar surface area (TPSA) is 41.6 Å². The van der Waals surface area contributed by atoms with E-state index in [0.717, 1.165) is 42.7 Å². The van der Waals surface area contributed by atoms with Crippen LogP contribution in [-0.4, -0.2) is 30.0 Å². The number of carbonyl (C=O) groups is 1. The van der Waals surface area contributed by atoms with Crippen molar-refractivity contribution >= 4 is 5.91 Å². The maximum atomic E-state index is 12.5. The van der Waals surface area contributed by atoms with Crippen LogP contribution in [0.1, 0.15) is 43.5 Å². The molecule has 1 saturated heterocycles. The molecule has 0 bridgehead atoms. The number of aryl methyl sites for hydroxylation is 1. The Morgan fingerprint density at radius 1 is 1.45 bits per heavy atom. The Morgan fingerprint density at radius 3 is 2.75 bits per heavy atom. The highest BCUT2D eigenvalue weighted by molar-refractivity contribution is 5.92. The molecule has 1 heterocycles. The highest BCUT2D eigenvalue weighted by atomic mass is 16.5. The van der Waals surface area contributed by atoms with E-state index < -0.39 is 0 Å². The van der Waals surface area contributed by atoms with E-state index in [9.17, 15) is 4.79 Å². The van der Waals surface area contributed by atoms with Crippen LogP contribution >= 0.6 is 0 Å². The van der Waals surface area contributed by atoms with Crippen LogP contribution < -0.4 is 10.1 Å². The lowest BCUT2D eigenvalue weighted by Crippen LogP contribution is -2.32. The highest BCUT2D eigenvalue weighted by Crippen LogP contribution is 2.46. The first-order valence-electron chi connectivity index (χ1n) is 7.34. The second kappa shape index (κ2) is 4.77. The summed E-state index contributed by atoms with van der Waals surface area (Å²) in [6, 6.07) is 6.16. The fourth-order valence-electron chi connectivity index (χ4n) is 3.08. The summed E-state index contributed by atoms with van der Waals surface area (Å²) in [5.74, 6) is 1.17. The molecule has 2 fully saturated rings. The number of hydrogen-bond acceptors (Lipinski definition) is 3. The fraction of sp³-hybridized carbons (Fsp3) is 0.562. The van der Waals surface area contributed by atoms with Gasteiger partial charge in [-0.1, -0.05) is 13.0 Å². The van der Waals surface area contributed by atoms with Crippen molar-refractivity contribution in [2.75, 3.05) is 13.7 Å². The maximum Gasteiger partial charge on any atom is 0.244 e. The SMILES string of the molecule is CCCN1C(=O)C2(CC2)NC1c1ccc(OC)c(C)c1. The van der Waals surface area contributed by atoms with Gasteiger partial charge in [0.05, 0.1) is 7.11 Å². The number of carbonyl (C=O) groups excluding carboxylic acids is 1. The third kappa shape index (κ3) is 1.99. The molecule has 4 nitrogen and oxygen atoms in total. The average molecular weight is 274 g/mol. The van der Waals surface area contributed by atoms with Gasteiger partial charge in [0, 0.05) is 6.54 Å². The van der Waals surface area contributed by atoms with Gasteiger partial charge in [0.25, 0.3) is 0 Å². The summed E-state index contributed by atoms with van der Waals surface area (Å²) in [7, 11) is 1.68. The molecule has 1 aliphatic carbocycles. The van der Waals surface area contributed by atoms with Crippen molar-refractivity contribution in [2.24, 2.45) is 0 Å². The number of nitrogens with zero attached hydrogens (tertiary/aromatic N) is 1. The van der Waals surface area contributed by atoms with E-state index in [1.54, 1.807) is 7.11 Å². The van der Waals surface area contributed by atoms with Crippen LogP contribution in [0.5, 0.6) is 5.75 Å². The predicted octanol–water partition coefficient (Wildman–Crippen LogP) is 2.38. The van der Waals surface area contributed by atoms with Gasteiger partial charge in [-0.25, -0.2) is 0 Å². The van der Waals surface area contributed by atoms with Gasteiger partial charge in [0.15, 0.2) is 0 Å². The minimum atomic E-state index is -0.256. The Hall–Kier alpha value is -1.55. The van der Waals surface area contributed by atoms with Crippen LogP contribution in [0.4, 0.5) is 0 Å². The molecule has 3 rings (SSSR count). The molecule has 1 aromatic carbocycles. The van der Waals surface area contributed by atoms with Crippen molar-refractivity contribution in [3.63, 3.8) is 0 Å². The molecule has 0 radical (unpaired) electrons. The smallest absolute Gasteiger partial charge is 0.244 e. The van der Waals surface area contributed by atoms with Gasteiger partial charge in [-0.2, -0.15) is 0 Å². The normalized spacial score (nSPS) is 23.4. The Balaban J connectivity index is 1.91. The summed E-state index contributed by atoms with van der Waals surface area (Å²) in [6.45, 7) is 4.96. The zero-order valence-electron chi connectivity index (χ0n) is 12.4. The summed E-state index contributed by atoms with van der Waals surface area (Å²) in [5.41, 5.74) is 1.99. The molecule has 0 aromatic heterocycles. The monoisotopic (exact) mass is 274 g/mol. The lowest BCUT2D eigenvalue weighted by atomic mass is 10.1. The first-order valence-corrected chi connectivity index (χ1v) is 7.34. The molecule has 1 aromatic rings. The number of ether oxygens (including phenoxy) is 1. The number of methoxy groups -OCH3 is 1. The molecule has 108 valence electrons. The average Bonchev–Trinajstić information content (AvgIpc) is 3.17. The molecular weight excluding hydrogens is 252 g/mol. The number of hydrogen-bond donors (Lipinski definition) is 1. The molecule has 20 heavy (non-hydrogen) atoms.